The fourth-order valence-electron chi connectivity index (χ4n) is 1.03. The molecule has 0 unspecified atom stereocenters. The van der Waals surface area contributed by atoms with Crippen molar-refractivity contribution in [2.75, 3.05) is 6.61 Å². The molecule has 1 aromatic rings. The van der Waals surface area contributed by atoms with Gasteiger partial charge in [0.2, 0.25) is 0 Å². The second-order valence-corrected chi connectivity index (χ2v) is 2.50. The summed E-state index contributed by atoms with van der Waals surface area (Å²) in [4.78, 5) is 0. The van der Waals surface area contributed by atoms with E-state index >= 15 is 0 Å². The first-order valence-corrected chi connectivity index (χ1v) is 4.11. The molecule has 1 rings (SSSR count). The molecule has 13 heavy (non-hydrogen) atoms. The van der Waals surface area contributed by atoms with Gasteiger partial charge in [0.05, 0.1) is 12.2 Å². The SMILES string of the molecule is C=Cc1ccc(C#N)c(OCC)c1. The van der Waals surface area contributed by atoms with E-state index in [2.05, 4.69) is 12.6 Å². The molecule has 0 aliphatic carbocycles. The molecule has 0 saturated heterocycles. The van der Waals surface area contributed by atoms with E-state index in [9.17, 15) is 0 Å². The molecule has 0 aromatic heterocycles. The van der Waals surface area contributed by atoms with Gasteiger partial charge in [-0.25, -0.2) is 0 Å². The molecule has 0 saturated carbocycles. The molecule has 2 heteroatoms. The smallest absolute Gasteiger partial charge is 0.137 e. The van der Waals surface area contributed by atoms with Gasteiger partial charge >= 0.3 is 0 Å². The molecule has 0 bridgehead atoms. The van der Waals surface area contributed by atoms with Crippen LogP contribution >= 0.6 is 0 Å². The third-order valence-corrected chi connectivity index (χ3v) is 1.66. The van der Waals surface area contributed by atoms with Crippen molar-refractivity contribution in [2.45, 2.75) is 6.92 Å². The monoisotopic (exact) mass is 173 g/mol. The van der Waals surface area contributed by atoms with Crippen LogP contribution in [0.1, 0.15) is 18.1 Å². The first kappa shape index (κ1) is 9.34. The molecule has 0 amide bonds. The van der Waals surface area contributed by atoms with Crippen LogP contribution in [0.25, 0.3) is 6.08 Å². The minimum atomic E-state index is 0.562. The van der Waals surface area contributed by atoms with Crippen LogP contribution in [0.2, 0.25) is 0 Å². The zero-order chi connectivity index (χ0) is 9.68. The molecular formula is C11H11NO. The Bertz CT molecular complexity index is 350. The molecule has 0 radical (unpaired) electrons. The highest BCUT2D eigenvalue weighted by Gasteiger charge is 2.01. The van der Waals surface area contributed by atoms with E-state index in [0.29, 0.717) is 17.9 Å². The van der Waals surface area contributed by atoms with Gasteiger partial charge in [0.1, 0.15) is 11.8 Å². The van der Waals surface area contributed by atoms with Gasteiger partial charge < -0.3 is 4.74 Å². The highest BCUT2D eigenvalue weighted by atomic mass is 16.5. The van der Waals surface area contributed by atoms with Crippen molar-refractivity contribution < 1.29 is 4.74 Å². The van der Waals surface area contributed by atoms with E-state index in [1.165, 1.54) is 0 Å². The minimum Gasteiger partial charge on any atom is -0.492 e. The van der Waals surface area contributed by atoms with Gasteiger partial charge in [0.15, 0.2) is 0 Å². The fourth-order valence-corrected chi connectivity index (χ4v) is 1.03. The number of hydrogen-bond acceptors (Lipinski definition) is 2. The van der Waals surface area contributed by atoms with Crippen molar-refractivity contribution in [1.29, 1.82) is 5.26 Å². The van der Waals surface area contributed by atoms with Gasteiger partial charge in [-0.05, 0) is 24.6 Å². The van der Waals surface area contributed by atoms with E-state index in [1.807, 2.05) is 19.1 Å². The molecule has 1 aromatic carbocycles. The Morgan fingerprint density at radius 1 is 1.62 bits per heavy atom. The van der Waals surface area contributed by atoms with Crippen LogP contribution in [-0.2, 0) is 0 Å². The minimum absolute atomic E-state index is 0.562. The van der Waals surface area contributed by atoms with Crippen LogP contribution in [0, 0.1) is 11.3 Å². The highest BCUT2D eigenvalue weighted by molar-refractivity contribution is 5.55. The van der Waals surface area contributed by atoms with Gasteiger partial charge in [-0.3, -0.25) is 0 Å². The summed E-state index contributed by atoms with van der Waals surface area (Å²) in [5, 5.41) is 8.75. The Balaban J connectivity index is 3.11. The van der Waals surface area contributed by atoms with Gasteiger partial charge in [-0.2, -0.15) is 5.26 Å². The van der Waals surface area contributed by atoms with E-state index in [0.717, 1.165) is 5.56 Å². The zero-order valence-corrected chi connectivity index (χ0v) is 7.58. The maximum atomic E-state index is 8.75. The standard InChI is InChI=1S/C11H11NO/c1-3-9-5-6-10(8-12)11(7-9)13-4-2/h3,5-7H,1,4H2,2H3. The van der Waals surface area contributed by atoms with Crippen molar-refractivity contribution >= 4 is 6.08 Å². The van der Waals surface area contributed by atoms with E-state index in [4.69, 9.17) is 10.00 Å². The molecule has 0 aliphatic heterocycles. The summed E-state index contributed by atoms with van der Waals surface area (Å²) in [6, 6.07) is 7.47. The molecule has 0 N–H and O–H groups in total. The third kappa shape index (κ3) is 2.09. The number of rotatable bonds is 3. The first-order chi connectivity index (χ1) is 6.31. The van der Waals surface area contributed by atoms with E-state index in [1.54, 1.807) is 12.1 Å². The Morgan fingerprint density at radius 2 is 2.38 bits per heavy atom. The normalized spacial score (nSPS) is 8.92. The third-order valence-electron chi connectivity index (χ3n) is 1.66. The van der Waals surface area contributed by atoms with Crippen molar-refractivity contribution in [3.8, 4) is 11.8 Å². The summed E-state index contributed by atoms with van der Waals surface area (Å²) in [5.74, 6) is 0.627. The van der Waals surface area contributed by atoms with Gasteiger partial charge in [-0.15, -0.1) is 0 Å². The second kappa shape index (κ2) is 4.32. The van der Waals surface area contributed by atoms with Gasteiger partial charge in [-0.1, -0.05) is 18.7 Å². The lowest BCUT2D eigenvalue weighted by Gasteiger charge is -2.05. The average Bonchev–Trinajstić information content (AvgIpc) is 2.18. The number of hydrogen-bond donors (Lipinski definition) is 0. The lowest BCUT2D eigenvalue weighted by molar-refractivity contribution is 0.339. The Morgan fingerprint density at radius 3 is 2.92 bits per heavy atom. The fraction of sp³-hybridized carbons (Fsp3) is 0.182. The molecular weight excluding hydrogens is 162 g/mol. The summed E-state index contributed by atoms with van der Waals surface area (Å²) in [6.45, 7) is 6.10. The number of nitrogens with zero attached hydrogens (tertiary/aromatic N) is 1. The van der Waals surface area contributed by atoms with Crippen LogP contribution in [0.4, 0.5) is 0 Å². The summed E-state index contributed by atoms with van der Waals surface area (Å²) in [7, 11) is 0. The highest BCUT2D eigenvalue weighted by Crippen LogP contribution is 2.20. The number of benzene rings is 1. The number of ether oxygens (including phenoxy) is 1. The van der Waals surface area contributed by atoms with Crippen LogP contribution in [0.15, 0.2) is 24.8 Å². The summed E-state index contributed by atoms with van der Waals surface area (Å²) < 4.78 is 5.30. The molecule has 66 valence electrons. The van der Waals surface area contributed by atoms with Crippen LogP contribution in [0.5, 0.6) is 5.75 Å². The van der Waals surface area contributed by atoms with Crippen LogP contribution < -0.4 is 4.74 Å². The predicted octanol–water partition coefficient (Wildman–Crippen LogP) is 2.60. The van der Waals surface area contributed by atoms with E-state index in [-0.39, 0.29) is 0 Å². The van der Waals surface area contributed by atoms with Crippen LogP contribution in [-0.4, -0.2) is 6.61 Å². The van der Waals surface area contributed by atoms with Gasteiger partial charge in [0, 0.05) is 0 Å². The maximum Gasteiger partial charge on any atom is 0.137 e. The quantitative estimate of drug-likeness (QED) is 0.703. The van der Waals surface area contributed by atoms with Crippen LogP contribution in [0.3, 0.4) is 0 Å². The van der Waals surface area contributed by atoms with Crippen molar-refractivity contribution in [1.82, 2.24) is 0 Å². The largest absolute Gasteiger partial charge is 0.492 e. The summed E-state index contributed by atoms with van der Waals surface area (Å²) in [6.07, 6.45) is 1.73. The van der Waals surface area contributed by atoms with Crippen molar-refractivity contribution in [2.24, 2.45) is 0 Å². The van der Waals surface area contributed by atoms with Gasteiger partial charge in [0.25, 0.3) is 0 Å². The molecule has 0 spiro atoms. The molecule has 0 atom stereocenters. The van der Waals surface area contributed by atoms with Crippen molar-refractivity contribution in [3.63, 3.8) is 0 Å². The Labute approximate surface area is 78.1 Å². The summed E-state index contributed by atoms with van der Waals surface area (Å²) >= 11 is 0. The average molecular weight is 173 g/mol. The topological polar surface area (TPSA) is 33.0 Å². The van der Waals surface area contributed by atoms with Crippen molar-refractivity contribution in [3.05, 3.63) is 35.9 Å². The predicted molar refractivity (Wildman–Crippen MR) is 52.4 cm³/mol. The number of nitriles is 1. The molecule has 0 fully saturated rings. The molecule has 2 nitrogen and oxygen atoms in total. The lowest BCUT2D eigenvalue weighted by atomic mass is 10.1. The lowest BCUT2D eigenvalue weighted by Crippen LogP contribution is -1.94. The Kier molecular flexibility index (Phi) is 3.10. The molecule has 0 heterocycles. The second-order valence-electron chi connectivity index (χ2n) is 2.50. The first-order valence-electron chi connectivity index (χ1n) is 4.11. The van der Waals surface area contributed by atoms with E-state index < -0.39 is 0 Å². The zero-order valence-electron chi connectivity index (χ0n) is 7.58. The Hall–Kier alpha value is -1.75. The molecule has 0 aliphatic rings. The maximum absolute atomic E-state index is 8.75. The summed E-state index contributed by atoms with van der Waals surface area (Å²) in [5.41, 5.74) is 1.52.